The number of thioether (sulfide) groups is 1. The molecule has 0 aliphatic rings. The van der Waals surface area contributed by atoms with Gasteiger partial charge in [-0.1, -0.05) is 103 Å². The Balaban J connectivity index is 1.44. The number of nitrogens with zero attached hydrogens (tertiary/aromatic N) is 2. The fourth-order valence-corrected chi connectivity index (χ4v) is 3.83. The first kappa shape index (κ1) is 24.1. The van der Waals surface area contributed by atoms with E-state index in [-0.39, 0.29) is 0 Å². The third-order valence-electron chi connectivity index (χ3n) is 5.05. The van der Waals surface area contributed by atoms with Gasteiger partial charge in [-0.25, -0.2) is 0 Å². The molecule has 0 unspecified atom stereocenters. The molecule has 0 amide bonds. The Labute approximate surface area is 210 Å². The first-order chi connectivity index (χ1) is 17.3. The lowest BCUT2D eigenvalue weighted by molar-refractivity contribution is 0.289. The molecule has 6 heteroatoms. The SMILES string of the molecule is NC(=NN=Cc1ccc(OCc2ccccc2)cc1OCc1ccccc1)SCc1ccccc1. The van der Waals surface area contributed by atoms with E-state index in [1.54, 1.807) is 6.21 Å². The lowest BCUT2D eigenvalue weighted by Gasteiger charge is -2.12. The zero-order valence-corrected chi connectivity index (χ0v) is 20.1. The maximum Gasteiger partial charge on any atom is 0.180 e. The van der Waals surface area contributed by atoms with Gasteiger partial charge in [0.25, 0.3) is 0 Å². The topological polar surface area (TPSA) is 69.2 Å². The van der Waals surface area contributed by atoms with Crippen LogP contribution in [0.2, 0.25) is 0 Å². The fourth-order valence-electron chi connectivity index (χ4n) is 3.22. The molecule has 4 aromatic rings. The van der Waals surface area contributed by atoms with Crippen molar-refractivity contribution in [1.29, 1.82) is 0 Å². The van der Waals surface area contributed by atoms with Crippen molar-refractivity contribution in [3.05, 3.63) is 131 Å². The van der Waals surface area contributed by atoms with Crippen LogP contribution in [0.25, 0.3) is 0 Å². The van der Waals surface area contributed by atoms with Crippen LogP contribution in [0.4, 0.5) is 0 Å². The molecular formula is C29H27N3O2S. The summed E-state index contributed by atoms with van der Waals surface area (Å²) in [6, 6.07) is 35.9. The molecule has 0 spiro atoms. The van der Waals surface area contributed by atoms with Gasteiger partial charge in [0, 0.05) is 17.4 Å². The van der Waals surface area contributed by atoms with Crippen molar-refractivity contribution in [2.45, 2.75) is 19.0 Å². The van der Waals surface area contributed by atoms with Gasteiger partial charge < -0.3 is 15.2 Å². The smallest absolute Gasteiger partial charge is 0.180 e. The van der Waals surface area contributed by atoms with Crippen LogP contribution < -0.4 is 15.2 Å². The average molecular weight is 482 g/mol. The summed E-state index contributed by atoms with van der Waals surface area (Å²) in [5.41, 5.74) is 10.2. The van der Waals surface area contributed by atoms with Gasteiger partial charge >= 0.3 is 0 Å². The monoisotopic (exact) mass is 481 g/mol. The minimum Gasteiger partial charge on any atom is -0.489 e. The molecular weight excluding hydrogens is 454 g/mol. The molecule has 0 radical (unpaired) electrons. The molecule has 4 aromatic carbocycles. The van der Waals surface area contributed by atoms with Crippen molar-refractivity contribution < 1.29 is 9.47 Å². The standard InChI is InChI=1S/C29H27N3O2S/c30-29(35-22-25-14-8-3-9-15-25)32-31-19-26-16-17-27(33-20-23-10-4-1-5-11-23)18-28(26)34-21-24-12-6-2-7-13-24/h1-19H,20-22H2,(H2,30,32). The molecule has 0 aliphatic carbocycles. The van der Waals surface area contributed by atoms with Crippen LogP contribution in [0, 0.1) is 0 Å². The Morgan fingerprint density at radius 1 is 0.714 bits per heavy atom. The highest BCUT2D eigenvalue weighted by Gasteiger charge is 2.07. The highest BCUT2D eigenvalue weighted by molar-refractivity contribution is 8.13. The van der Waals surface area contributed by atoms with Gasteiger partial charge in [0.05, 0.1) is 6.21 Å². The van der Waals surface area contributed by atoms with Gasteiger partial charge in [-0.05, 0) is 28.8 Å². The summed E-state index contributed by atoms with van der Waals surface area (Å²) in [4.78, 5) is 0. The van der Waals surface area contributed by atoms with Gasteiger partial charge in [0.1, 0.15) is 24.7 Å². The van der Waals surface area contributed by atoms with Crippen LogP contribution in [0.1, 0.15) is 22.3 Å². The lowest BCUT2D eigenvalue weighted by Crippen LogP contribution is -2.06. The number of amidine groups is 1. The van der Waals surface area contributed by atoms with Crippen molar-refractivity contribution in [2.24, 2.45) is 15.9 Å². The van der Waals surface area contributed by atoms with E-state index in [1.165, 1.54) is 17.3 Å². The number of benzene rings is 4. The summed E-state index contributed by atoms with van der Waals surface area (Å²) in [5.74, 6) is 2.12. The van der Waals surface area contributed by atoms with Crippen molar-refractivity contribution in [1.82, 2.24) is 0 Å². The van der Waals surface area contributed by atoms with Crippen molar-refractivity contribution in [3.63, 3.8) is 0 Å². The summed E-state index contributed by atoms with van der Waals surface area (Å²) < 4.78 is 12.1. The molecule has 0 aliphatic heterocycles. The second-order valence-corrected chi connectivity index (χ2v) is 8.70. The van der Waals surface area contributed by atoms with Crippen LogP contribution in [0.15, 0.2) is 119 Å². The van der Waals surface area contributed by atoms with Crippen LogP contribution in [0.3, 0.4) is 0 Å². The zero-order chi connectivity index (χ0) is 24.1. The van der Waals surface area contributed by atoms with Gasteiger partial charge in [-0.15, -0.1) is 5.10 Å². The number of ether oxygens (including phenoxy) is 2. The quantitative estimate of drug-likeness (QED) is 0.161. The zero-order valence-electron chi connectivity index (χ0n) is 19.3. The van der Waals surface area contributed by atoms with E-state index in [1.807, 2.05) is 97.1 Å². The number of hydrogen-bond donors (Lipinski definition) is 1. The minimum absolute atomic E-state index is 0.402. The molecule has 176 valence electrons. The maximum atomic E-state index is 6.12. The van der Waals surface area contributed by atoms with Crippen molar-refractivity contribution >= 4 is 23.1 Å². The molecule has 4 rings (SSSR count). The Kier molecular flexibility index (Phi) is 8.96. The highest BCUT2D eigenvalue weighted by atomic mass is 32.2. The van der Waals surface area contributed by atoms with E-state index in [4.69, 9.17) is 15.2 Å². The first-order valence-corrected chi connectivity index (χ1v) is 12.3. The van der Waals surface area contributed by atoms with E-state index in [0.29, 0.717) is 24.1 Å². The Morgan fingerprint density at radius 2 is 1.29 bits per heavy atom. The molecule has 5 nitrogen and oxygen atoms in total. The summed E-state index contributed by atoms with van der Waals surface area (Å²) >= 11 is 1.45. The van der Waals surface area contributed by atoms with Gasteiger partial charge in [0.2, 0.25) is 0 Å². The second-order valence-electron chi connectivity index (χ2n) is 7.71. The average Bonchev–Trinajstić information content (AvgIpc) is 2.92. The van der Waals surface area contributed by atoms with E-state index in [0.717, 1.165) is 28.2 Å². The first-order valence-electron chi connectivity index (χ1n) is 11.3. The molecule has 0 atom stereocenters. The molecule has 0 aromatic heterocycles. The maximum absolute atomic E-state index is 6.12. The molecule has 0 fully saturated rings. The van der Waals surface area contributed by atoms with Crippen LogP contribution in [-0.4, -0.2) is 11.4 Å². The molecule has 0 bridgehead atoms. The predicted octanol–water partition coefficient (Wildman–Crippen LogP) is 6.43. The van der Waals surface area contributed by atoms with Crippen LogP contribution >= 0.6 is 11.8 Å². The third-order valence-corrected chi connectivity index (χ3v) is 5.91. The van der Waals surface area contributed by atoms with E-state index in [9.17, 15) is 0 Å². The van der Waals surface area contributed by atoms with E-state index >= 15 is 0 Å². The second kappa shape index (κ2) is 13.0. The van der Waals surface area contributed by atoms with E-state index in [2.05, 4.69) is 22.3 Å². The molecule has 0 saturated carbocycles. The molecule has 0 saturated heterocycles. The lowest BCUT2D eigenvalue weighted by atomic mass is 10.2. The fraction of sp³-hybridized carbons (Fsp3) is 0.103. The highest BCUT2D eigenvalue weighted by Crippen LogP contribution is 2.26. The normalized spacial score (nSPS) is 11.5. The summed E-state index contributed by atoms with van der Waals surface area (Å²) in [5, 5.41) is 8.72. The summed E-state index contributed by atoms with van der Waals surface area (Å²) in [6.45, 7) is 0.911. The largest absolute Gasteiger partial charge is 0.489 e. The van der Waals surface area contributed by atoms with Crippen molar-refractivity contribution in [3.8, 4) is 11.5 Å². The summed E-state index contributed by atoms with van der Waals surface area (Å²) in [7, 11) is 0. The van der Waals surface area contributed by atoms with Crippen LogP contribution in [-0.2, 0) is 19.0 Å². The minimum atomic E-state index is 0.402. The molecule has 2 N–H and O–H groups in total. The van der Waals surface area contributed by atoms with Gasteiger partial charge in [0.15, 0.2) is 5.17 Å². The number of nitrogens with two attached hydrogens (primary N) is 1. The van der Waals surface area contributed by atoms with Gasteiger partial charge in [-0.3, -0.25) is 0 Å². The predicted molar refractivity (Wildman–Crippen MR) is 145 cm³/mol. The Bertz CT molecular complexity index is 1250. The third kappa shape index (κ3) is 8.05. The van der Waals surface area contributed by atoms with Crippen molar-refractivity contribution in [2.75, 3.05) is 0 Å². The Hall–Kier alpha value is -4.03. The molecule has 0 heterocycles. The Morgan fingerprint density at radius 3 is 1.91 bits per heavy atom. The van der Waals surface area contributed by atoms with Crippen LogP contribution in [0.5, 0.6) is 11.5 Å². The number of hydrogen-bond acceptors (Lipinski definition) is 5. The van der Waals surface area contributed by atoms with E-state index < -0.39 is 0 Å². The van der Waals surface area contributed by atoms with Gasteiger partial charge in [-0.2, -0.15) is 5.10 Å². The summed E-state index contributed by atoms with van der Waals surface area (Å²) in [6.07, 6.45) is 1.65. The number of rotatable bonds is 10. The molecule has 35 heavy (non-hydrogen) atoms.